The van der Waals surface area contributed by atoms with Crippen LogP contribution < -0.4 is 15.4 Å². The average molecular weight is 510 g/mol. The summed E-state index contributed by atoms with van der Waals surface area (Å²) in [6.07, 6.45) is -0.654. The molecular weight excluding hydrogens is 483 g/mol. The molecule has 1 aliphatic carbocycles. The lowest BCUT2D eigenvalue weighted by Gasteiger charge is -2.23. The number of fused-ring (bicyclic) bond motifs is 2. The molecule has 2 N–H and O–H groups in total. The van der Waals surface area contributed by atoms with E-state index < -0.39 is 17.8 Å². The monoisotopic (exact) mass is 509 g/mol. The molecule has 0 unspecified atom stereocenters. The summed E-state index contributed by atoms with van der Waals surface area (Å²) in [7, 11) is 1.62. The maximum absolute atomic E-state index is 13.0. The van der Waals surface area contributed by atoms with E-state index in [1.165, 1.54) is 6.92 Å². The maximum atomic E-state index is 13.0. The third-order valence-electron chi connectivity index (χ3n) is 6.48. The number of amides is 1. The average Bonchev–Trinajstić information content (AvgIpc) is 3.25. The number of nitrogens with zero attached hydrogens (tertiary/aromatic N) is 3. The first kappa shape index (κ1) is 24.6. The molecule has 4 aromatic rings. The quantitative estimate of drug-likeness (QED) is 0.332. The Bertz CT molecular complexity index is 1480. The Morgan fingerprint density at radius 2 is 1.89 bits per heavy atom. The summed E-state index contributed by atoms with van der Waals surface area (Å²) in [6.45, 7) is 1.14. The van der Waals surface area contributed by atoms with Crippen LogP contribution in [0.5, 0.6) is 5.75 Å². The van der Waals surface area contributed by atoms with Gasteiger partial charge in [0.05, 0.1) is 24.0 Å². The molecule has 0 aliphatic heterocycles. The van der Waals surface area contributed by atoms with Gasteiger partial charge in [0.2, 0.25) is 5.91 Å². The Balaban J connectivity index is 1.47. The largest absolute Gasteiger partial charge is 0.495 e. The number of aromatic nitrogens is 3. The van der Waals surface area contributed by atoms with E-state index in [4.69, 9.17) is 9.72 Å². The molecular formula is C27H26F3N5O2. The molecule has 7 nitrogen and oxygen atoms in total. The zero-order chi connectivity index (χ0) is 26.2. The number of benzene rings is 2. The summed E-state index contributed by atoms with van der Waals surface area (Å²) in [6, 6.07) is 14.0. The van der Waals surface area contributed by atoms with Crippen LogP contribution in [0.3, 0.4) is 0 Å². The minimum absolute atomic E-state index is 0.250. The summed E-state index contributed by atoms with van der Waals surface area (Å²) in [5, 5.41) is 10.7. The zero-order valence-electron chi connectivity index (χ0n) is 20.4. The molecule has 2 aromatic carbocycles. The fourth-order valence-electron chi connectivity index (χ4n) is 4.67. The second kappa shape index (κ2) is 9.76. The highest BCUT2D eigenvalue weighted by Gasteiger charge is 2.34. The summed E-state index contributed by atoms with van der Waals surface area (Å²) >= 11 is 0. The number of methoxy groups -OCH3 is 1. The first-order valence-electron chi connectivity index (χ1n) is 12.0. The lowest BCUT2D eigenvalue weighted by molar-refractivity contribution is -0.141. The number of para-hydroxylation sites is 2. The van der Waals surface area contributed by atoms with Crippen molar-refractivity contribution < 1.29 is 22.7 Å². The Labute approximate surface area is 211 Å². The second-order valence-corrected chi connectivity index (χ2v) is 9.05. The molecule has 192 valence electrons. The van der Waals surface area contributed by atoms with Crippen LogP contribution in [-0.4, -0.2) is 27.8 Å². The predicted octanol–water partition coefficient (Wildman–Crippen LogP) is 6.03. The van der Waals surface area contributed by atoms with Crippen LogP contribution in [0.1, 0.15) is 35.5 Å². The number of hydrogen-bond acceptors (Lipinski definition) is 5. The lowest BCUT2D eigenvalue weighted by Crippen LogP contribution is -2.21. The molecule has 2 heterocycles. The van der Waals surface area contributed by atoms with Crippen molar-refractivity contribution in [3.05, 3.63) is 71.2 Å². The smallest absolute Gasteiger partial charge is 0.435 e. The lowest BCUT2D eigenvalue weighted by atomic mass is 9.92. The third kappa shape index (κ3) is 5.09. The number of hydrogen-bond donors (Lipinski definition) is 2. The van der Waals surface area contributed by atoms with Crippen LogP contribution in [0.2, 0.25) is 0 Å². The number of alkyl halides is 3. The van der Waals surface area contributed by atoms with Gasteiger partial charge in [-0.15, -0.1) is 0 Å². The van der Waals surface area contributed by atoms with Crippen LogP contribution in [0.15, 0.2) is 48.5 Å². The topological polar surface area (TPSA) is 81.1 Å². The Kier molecular flexibility index (Phi) is 6.49. The van der Waals surface area contributed by atoms with Crippen molar-refractivity contribution in [2.24, 2.45) is 0 Å². The van der Waals surface area contributed by atoms with Gasteiger partial charge in [-0.25, -0.2) is 0 Å². The number of rotatable bonds is 6. The van der Waals surface area contributed by atoms with Gasteiger partial charge >= 0.3 is 6.18 Å². The van der Waals surface area contributed by atoms with Gasteiger partial charge in [-0.05, 0) is 74.6 Å². The molecule has 10 heteroatoms. The van der Waals surface area contributed by atoms with Crippen LogP contribution >= 0.6 is 0 Å². The van der Waals surface area contributed by atoms with Gasteiger partial charge in [0.1, 0.15) is 12.3 Å². The normalized spacial score (nSPS) is 13.3. The molecule has 0 saturated heterocycles. The molecule has 5 rings (SSSR count). The van der Waals surface area contributed by atoms with Crippen LogP contribution in [0, 0.1) is 6.92 Å². The van der Waals surface area contributed by atoms with E-state index in [-0.39, 0.29) is 12.2 Å². The molecule has 2 aromatic heterocycles. The highest BCUT2D eigenvalue weighted by atomic mass is 19.4. The molecule has 37 heavy (non-hydrogen) atoms. The molecule has 0 atom stereocenters. The highest BCUT2D eigenvalue weighted by molar-refractivity contribution is 6.00. The number of halogens is 3. The maximum Gasteiger partial charge on any atom is 0.435 e. The van der Waals surface area contributed by atoms with Gasteiger partial charge in [-0.3, -0.25) is 14.5 Å². The molecule has 0 radical (unpaired) electrons. The summed E-state index contributed by atoms with van der Waals surface area (Å²) in [5.74, 6) is 0.221. The fourth-order valence-corrected chi connectivity index (χ4v) is 4.67. The van der Waals surface area contributed by atoms with Gasteiger partial charge in [-0.2, -0.15) is 18.3 Å². The number of pyridine rings is 1. The van der Waals surface area contributed by atoms with E-state index in [0.29, 0.717) is 11.4 Å². The molecule has 0 fully saturated rings. The van der Waals surface area contributed by atoms with Gasteiger partial charge in [-0.1, -0.05) is 12.1 Å². The van der Waals surface area contributed by atoms with Crippen molar-refractivity contribution in [3.8, 4) is 5.75 Å². The fraction of sp³-hybridized carbons (Fsp3) is 0.296. The van der Waals surface area contributed by atoms with Gasteiger partial charge in [0, 0.05) is 22.5 Å². The van der Waals surface area contributed by atoms with Crippen molar-refractivity contribution in [2.75, 3.05) is 17.7 Å². The third-order valence-corrected chi connectivity index (χ3v) is 6.48. The number of ether oxygens (including phenoxy) is 1. The summed E-state index contributed by atoms with van der Waals surface area (Å²) in [5.41, 5.74) is 4.45. The van der Waals surface area contributed by atoms with E-state index in [2.05, 4.69) is 15.7 Å². The minimum Gasteiger partial charge on any atom is -0.495 e. The van der Waals surface area contributed by atoms with Gasteiger partial charge in [0.25, 0.3) is 0 Å². The molecule has 1 amide bonds. The summed E-state index contributed by atoms with van der Waals surface area (Å²) in [4.78, 5) is 17.6. The first-order chi connectivity index (χ1) is 17.7. The van der Waals surface area contributed by atoms with Crippen LogP contribution in [0.4, 0.5) is 30.2 Å². The summed E-state index contributed by atoms with van der Waals surface area (Å²) < 4.78 is 45.5. The second-order valence-electron chi connectivity index (χ2n) is 9.05. The number of anilines is 3. The van der Waals surface area contributed by atoms with E-state index >= 15 is 0 Å². The number of carbonyl (C=O) groups excluding carboxylic acids is 1. The standard InChI is InChI=1S/C27H26F3N5O2/c1-16-13-24(27(28,29)30)34-35(16)15-25(36)31-17-11-12-21-19(14-17)26(18-7-3-4-8-20(18)32-21)33-22-9-5-6-10-23(22)37-2/h5-6,9-14H,3-4,7-8,15H2,1-2H3,(H,31,36)(H,32,33). The predicted molar refractivity (Wildman–Crippen MR) is 135 cm³/mol. The molecule has 1 aliphatic rings. The van der Waals surface area contributed by atoms with E-state index in [1.807, 2.05) is 36.4 Å². The van der Waals surface area contributed by atoms with Crippen molar-refractivity contribution in [2.45, 2.75) is 45.3 Å². The number of aryl methyl sites for hydroxylation is 2. The minimum atomic E-state index is -4.57. The van der Waals surface area contributed by atoms with E-state index in [9.17, 15) is 18.0 Å². The molecule has 0 saturated carbocycles. The number of carbonyl (C=O) groups is 1. The van der Waals surface area contributed by atoms with Crippen molar-refractivity contribution in [1.29, 1.82) is 0 Å². The van der Waals surface area contributed by atoms with Gasteiger partial charge < -0.3 is 15.4 Å². The zero-order valence-corrected chi connectivity index (χ0v) is 20.4. The highest BCUT2D eigenvalue weighted by Crippen LogP contribution is 2.38. The van der Waals surface area contributed by atoms with Crippen LogP contribution in [-0.2, 0) is 30.4 Å². The Hall–Kier alpha value is -4.08. The van der Waals surface area contributed by atoms with Crippen molar-refractivity contribution >= 4 is 33.9 Å². The van der Waals surface area contributed by atoms with Crippen molar-refractivity contribution in [3.63, 3.8) is 0 Å². The van der Waals surface area contributed by atoms with E-state index in [1.54, 1.807) is 13.2 Å². The number of nitrogens with one attached hydrogen (secondary N) is 2. The molecule has 0 spiro atoms. The first-order valence-corrected chi connectivity index (χ1v) is 12.0. The SMILES string of the molecule is COc1ccccc1Nc1c2c(nc3ccc(NC(=O)Cn4nc(C(F)(F)F)cc4C)cc13)CCCC2. The van der Waals surface area contributed by atoms with Crippen molar-refractivity contribution in [1.82, 2.24) is 14.8 Å². The van der Waals surface area contributed by atoms with E-state index in [0.717, 1.165) is 70.0 Å². The molecule has 0 bridgehead atoms. The Morgan fingerprint density at radius 3 is 2.65 bits per heavy atom. The van der Waals surface area contributed by atoms with Crippen LogP contribution in [0.25, 0.3) is 10.9 Å². The van der Waals surface area contributed by atoms with Gasteiger partial charge in [0.15, 0.2) is 5.69 Å². The Morgan fingerprint density at radius 1 is 1.11 bits per heavy atom.